The highest BCUT2D eigenvalue weighted by atomic mass is 32.1. The van der Waals surface area contributed by atoms with Crippen molar-refractivity contribution in [2.45, 2.75) is 6.54 Å². The Morgan fingerprint density at radius 3 is 2.72 bits per heavy atom. The van der Waals surface area contributed by atoms with E-state index in [1.54, 1.807) is 37.4 Å². The van der Waals surface area contributed by atoms with Gasteiger partial charge < -0.3 is 14.5 Å². The van der Waals surface area contributed by atoms with Crippen molar-refractivity contribution in [1.29, 1.82) is 0 Å². The normalized spacial score (nSPS) is 15.2. The third-order valence-corrected chi connectivity index (χ3v) is 5.22. The van der Waals surface area contributed by atoms with E-state index in [9.17, 15) is 4.79 Å². The number of carbonyl (C=O) groups excluding carboxylic acids is 1. The lowest BCUT2D eigenvalue weighted by Gasteiger charge is -2.35. The summed E-state index contributed by atoms with van der Waals surface area (Å²) in [5.41, 5.74) is 2.16. The minimum Gasteiger partial charge on any atom is -0.497 e. The fourth-order valence-electron chi connectivity index (χ4n) is 2.88. The number of hydrogen-bond acceptors (Lipinski definition) is 5. The van der Waals surface area contributed by atoms with Crippen LogP contribution in [0.25, 0.3) is 10.6 Å². The number of methoxy groups -OCH3 is 1. The molecule has 7 heteroatoms. The zero-order chi connectivity index (χ0) is 17.8. The van der Waals surface area contributed by atoms with Gasteiger partial charge in [-0.05, 0) is 12.1 Å². The van der Waals surface area contributed by atoms with E-state index in [1.807, 2.05) is 23.1 Å². The predicted octanol–water partition coefficient (Wildman–Crippen LogP) is 2.62. The molecule has 0 aliphatic carbocycles. The summed E-state index contributed by atoms with van der Waals surface area (Å²) >= 11 is 1.66. The van der Waals surface area contributed by atoms with E-state index in [2.05, 4.69) is 16.3 Å². The van der Waals surface area contributed by atoms with Gasteiger partial charge in [-0.15, -0.1) is 11.3 Å². The molecule has 1 fully saturated rings. The van der Waals surface area contributed by atoms with Gasteiger partial charge in [0.2, 0.25) is 0 Å². The lowest BCUT2D eigenvalue weighted by molar-refractivity contribution is 0.119. The third-order valence-electron chi connectivity index (χ3n) is 4.28. The van der Waals surface area contributed by atoms with E-state index >= 15 is 0 Å². The highest BCUT2D eigenvalue weighted by molar-refractivity contribution is 7.13. The van der Waals surface area contributed by atoms with Gasteiger partial charge >= 0.3 is 6.03 Å². The molecule has 1 saturated heterocycles. The molecule has 3 rings (SSSR count). The molecule has 134 valence electrons. The number of amides is 2. The molecule has 2 aromatic rings. The van der Waals surface area contributed by atoms with Crippen molar-refractivity contribution in [3.63, 3.8) is 0 Å². The van der Waals surface area contributed by atoms with Gasteiger partial charge in [0.25, 0.3) is 0 Å². The Kier molecular flexibility index (Phi) is 5.55. The van der Waals surface area contributed by atoms with Crippen LogP contribution in [-0.4, -0.2) is 73.1 Å². The number of hydrogen-bond donors (Lipinski definition) is 0. The maximum atomic E-state index is 12.0. The second-order valence-corrected chi connectivity index (χ2v) is 7.17. The van der Waals surface area contributed by atoms with Crippen molar-refractivity contribution in [1.82, 2.24) is 19.7 Å². The quantitative estimate of drug-likeness (QED) is 0.841. The highest BCUT2D eigenvalue weighted by Crippen LogP contribution is 2.27. The van der Waals surface area contributed by atoms with E-state index in [4.69, 9.17) is 9.72 Å². The van der Waals surface area contributed by atoms with E-state index in [-0.39, 0.29) is 6.03 Å². The average Bonchev–Trinajstić information content (AvgIpc) is 3.10. The number of thiazole rings is 1. The van der Waals surface area contributed by atoms with Crippen LogP contribution in [0.5, 0.6) is 5.75 Å². The van der Waals surface area contributed by atoms with Crippen molar-refractivity contribution in [3.8, 4) is 16.3 Å². The van der Waals surface area contributed by atoms with Crippen LogP contribution >= 0.6 is 11.3 Å². The molecule has 0 N–H and O–H groups in total. The number of benzene rings is 1. The Bertz CT molecular complexity index is 723. The van der Waals surface area contributed by atoms with Gasteiger partial charge in [-0.25, -0.2) is 9.78 Å². The summed E-state index contributed by atoms with van der Waals surface area (Å²) in [7, 11) is 5.27. The summed E-state index contributed by atoms with van der Waals surface area (Å²) in [4.78, 5) is 22.6. The molecule has 1 aliphatic heterocycles. The first-order valence-corrected chi connectivity index (χ1v) is 9.22. The molecule has 0 unspecified atom stereocenters. The first-order valence-electron chi connectivity index (χ1n) is 8.34. The van der Waals surface area contributed by atoms with Gasteiger partial charge in [0.1, 0.15) is 10.8 Å². The third kappa shape index (κ3) is 4.29. The Labute approximate surface area is 152 Å². The van der Waals surface area contributed by atoms with Crippen LogP contribution in [0.2, 0.25) is 0 Å². The highest BCUT2D eigenvalue weighted by Gasteiger charge is 2.22. The topological polar surface area (TPSA) is 48.9 Å². The summed E-state index contributed by atoms with van der Waals surface area (Å²) in [6.07, 6.45) is 0. The standard InChI is InChI=1S/C18H24N4O2S/c1-20(2)18(23)22-9-7-21(8-10-22)12-15-13-25-17(19-15)14-5-4-6-16(11-14)24-3/h4-6,11,13H,7-10,12H2,1-3H3. The Balaban J connectivity index is 1.58. The smallest absolute Gasteiger partial charge is 0.319 e. The average molecular weight is 360 g/mol. The summed E-state index contributed by atoms with van der Waals surface area (Å²) in [6.45, 7) is 4.12. The van der Waals surface area contributed by atoms with Crippen LogP contribution in [0, 0.1) is 0 Å². The van der Waals surface area contributed by atoms with Crippen LogP contribution in [0.3, 0.4) is 0 Å². The lowest BCUT2D eigenvalue weighted by atomic mass is 10.2. The van der Waals surface area contributed by atoms with Gasteiger partial charge in [-0.3, -0.25) is 4.90 Å². The largest absolute Gasteiger partial charge is 0.497 e. The van der Waals surface area contributed by atoms with Gasteiger partial charge in [-0.2, -0.15) is 0 Å². The molecule has 0 saturated carbocycles. The maximum Gasteiger partial charge on any atom is 0.319 e. The van der Waals surface area contributed by atoms with Crippen molar-refractivity contribution < 1.29 is 9.53 Å². The molecule has 6 nitrogen and oxygen atoms in total. The van der Waals surface area contributed by atoms with Crippen LogP contribution in [0.15, 0.2) is 29.6 Å². The lowest BCUT2D eigenvalue weighted by Crippen LogP contribution is -2.51. The van der Waals surface area contributed by atoms with Gasteiger partial charge in [0, 0.05) is 57.8 Å². The van der Waals surface area contributed by atoms with E-state index < -0.39 is 0 Å². The number of ether oxygens (including phenoxy) is 1. The van der Waals surface area contributed by atoms with E-state index in [1.165, 1.54) is 0 Å². The SMILES string of the molecule is COc1cccc(-c2nc(CN3CCN(C(=O)N(C)C)CC3)cs2)c1. The first-order chi connectivity index (χ1) is 12.1. The van der Waals surface area contributed by atoms with Gasteiger partial charge in [0.15, 0.2) is 0 Å². The number of aromatic nitrogens is 1. The number of piperazine rings is 1. The molecule has 2 amide bonds. The number of carbonyl (C=O) groups is 1. The molecule has 1 aromatic heterocycles. The number of urea groups is 1. The van der Waals surface area contributed by atoms with E-state index in [0.717, 1.165) is 54.7 Å². The second kappa shape index (κ2) is 7.84. The van der Waals surface area contributed by atoms with Crippen LogP contribution in [0.4, 0.5) is 4.79 Å². The van der Waals surface area contributed by atoms with Crippen molar-refractivity contribution >= 4 is 17.4 Å². The fourth-order valence-corrected chi connectivity index (χ4v) is 3.69. The molecular formula is C18H24N4O2S. The molecule has 1 aliphatic rings. The molecule has 0 atom stereocenters. The van der Waals surface area contributed by atoms with Crippen molar-refractivity contribution in [2.24, 2.45) is 0 Å². The monoisotopic (exact) mass is 360 g/mol. The molecule has 1 aromatic carbocycles. The summed E-state index contributed by atoms with van der Waals surface area (Å²) in [6, 6.07) is 8.07. The summed E-state index contributed by atoms with van der Waals surface area (Å²) in [5, 5.41) is 3.13. The van der Waals surface area contributed by atoms with Crippen LogP contribution in [0.1, 0.15) is 5.69 Å². The Morgan fingerprint density at radius 2 is 2.04 bits per heavy atom. The molecule has 0 radical (unpaired) electrons. The summed E-state index contributed by atoms with van der Waals surface area (Å²) in [5.74, 6) is 0.843. The van der Waals surface area contributed by atoms with Crippen molar-refractivity contribution in [2.75, 3.05) is 47.4 Å². The van der Waals surface area contributed by atoms with Crippen LogP contribution < -0.4 is 4.74 Å². The molecule has 25 heavy (non-hydrogen) atoms. The predicted molar refractivity (Wildman–Crippen MR) is 100 cm³/mol. The van der Waals surface area contributed by atoms with E-state index in [0.29, 0.717) is 0 Å². The minimum atomic E-state index is 0.0913. The van der Waals surface area contributed by atoms with Gasteiger partial charge in [-0.1, -0.05) is 12.1 Å². The maximum absolute atomic E-state index is 12.0. The zero-order valence-electron chi connectivity index (χ0n) is 14.9. The molecule has 2 heterocycles. The molecular weight excluding hydrogens is 336 g/mol. The first kappa shape index (κ1) is 17.7. The number of nitrogens with zero attached hydrogens (tertiary/aromatic N) is 4. The van der Waals surface area contributed by atoms with Crippen molar-refractivity contribution in [3.05, 3.63) is 35.3 Å². The fraction of sp³-hybridized carbons (Fsp3) is 0.444. The molecule has 0 spiro atoms. The Hall–Kier alpha value is -2.12. The summed E-state index contributed by atoms with van der Waals surface area (Å²) < 4.78 is 5.28. The minimum absolute atomic E-state index is 0.0913. The second-order valence-electron chi connectivity index (χ2n) is 6.32. The molecule has 0 bridgehead atoms. The Morgan fingerprint density at radius 1 is 1.28 bits per heavy atom. The zero-order valence-corrected chi connectivity index (χ0v) is 15.8. The number of rotatable bonds is 4. The van der Waals surface area contributed by atoms with Gasteiger partial charge in [0.05, 0.1) is 12.8 Å². The van der Waals surface area contributed by atoms with Crippen LogP contribution in [-0.2, 0) is 6.54 Å².